The summed E-state index contributed by atoms with van der Waals surface area (Å²) < 4.78 is 5.72. The highest BCUT2D eigenvalue weighted by Gasteiger charge is 2.50. The van der Waals surface area contributed by atoms with Gasteiger partial charge in [0.1, 0.15) is 18.5 Å². The third-order valence-corrected chi connectivity index (χ3v) is 9.00. The van der Waals surface area contributed by atoms with Crippen LogP contribution in [0.4, 0.5) is 0 Å². The molecule has 160 valence electrons. The zero-order chi connectivity index (χ0) is 19.6. The summed E-state index contributed by atoms with van der Waals surface area (Å²) in [7, 11) is 0. The molecular formula is C26H39NO2. The smallest absolute Gasteiger partial charge is 0.119 e. The molecule has 0 aliphatic heterocycles. The fraction of sp³-hybridized carbons (Fsp3) is 0.769. The van der Waals surface area contributed by atoms with E-state index in [9.17, 15) is 5.11 Å². The van der Waals surface area contributed by atoms with Gasteiger partial charge in [-0.05, 0) is 92.6 Å². The lowest BCUT2D eigenvalue weighted by Crippen LogP contribution is -2.47. The molecular weight excluding hydrogens is 358 g/mol. The molecule has 1 aromatic carbocycles. The summed E-state index contributed by atoms with van der Waals surface area (Å²) in [5.74, 6) is 6.81. The molecule has 4 saturated carbocycles. The molecule has 0 aromatic heterocycles. The highest BCUT2D eigenvalue weighted by atomic mass is 16.5. The Balaban J connectivity index is 1.12. The van der Waals surface area contributed by atoms with E-state index in [2.05, 4.69) is 5.32 Å². The van der Waals surface area contributed by atoms with E-state index in [1.54, 1.807) is 0 Å². The van der Waals surface area contributed by atoms with E-state index in [0.717, 1.165) is 41.3 Å². The first-order valence-corrected chi connectivity index (χ1v) is 12.4. The molecule has 4 fully saturated rings. The Labute approximate surface area is 176 Å². The predicted molar refractivity (Wildman–Crippen MR) is 117 cm³/mol. The van der Waals surface area contributed by atoms with Crippen molar-refractivity contribution in [3.05, 3.63) is 30.3 Å². The van der Waals surface area contributed by atoms with Gasteiger partial charge in [0.05, 0.1) is 0 Å². The Hall–Kier alpha value is -1.06. The fourth-order valence-electron chi connectivity index (χ4n) is 7.80. The third kappa shape index (κ3) is 4.23. The van der Waals surface area contributed by atoms with Crippen molar-refractivity contribution in [1.82, 2.24) is 5.32 Å². The highest BCUT2D eigenvalue weighted by molar-refractivity contribution is 5.20. The van der Waals surface area contributed by atoms with Gasteiger partial charge in [0.25, 0.3) is 0 Å². The van der Waals surface area contributed by atoms with Gasteiger partial charge in [0.2, 0.25) is 0 Å². The summed E-state index contributed by atoms with van der Waals surface area (Å²) in [6.45, 7) is 1.02. The zero-order valence-electron chi connectivity index (χ0n) is 17.8. The predicted octanol–water partition coefficient (Wildman–Crippen LogP) is 5.04. The van der Waals surface area contributed by atoms with Crippen LogP contribution >= 0.6 is 0 Å². The maximum atomic E-state index is 10.4. The number of aliphatic hydroxyl groups is 1. The van der Waals surface area contributed by atoms with Crippen molar-refractivity contribution in [1.29, 1.82) is 0 Å². The van der Waals surface area contributed by atoms with E-state index in [1.807, 2.05) is 30.3 Å². The van der Waals surface area contributed by atoms with Gasteiger partial charge in [-0.25, -0.2) is 0 Å². The van der Waals surface area contributed by atoms with Crippen LogP contribution in [-0.4, -0.2) is 30.4 Å². The molecule has 5 rings (SSSR count). The monoisotopic (exact) mass is 397 g/mol. The molecule has 4 aliphatic rings. The Bertz CT molecular complexity index is 649. The molecule has 0 unspecified atom stereocenters. The Kier molecular flexibility index (Phi) is 6.15. The number of hydrogen-bond donors (Lipinski definition) is 2. The van der Waals surface area contributed by atoms with E-state index in [0.29, 0.717) is 19.2 Å². The first-order valence-electron chi connectivity index (χ1n) is 12.4. The number of rotatable bonds is 6. The van der Waals surface area contributed by atoms with E-state index in [-0.39, 0.29) is 0 Å². The average molecular weight is 398 g/mol. The summed E-state index contributed by atoms with van der Waals surface area (Å²) in [6.07, 6.45) is 14.2. The second-order valence-electron chi connectivity index (χ2n) is 10.4. The van der Waals surface area contributed by atoms with E-state index < -0.39 is 6.10 Å². The number of nitrogens with one attached hydrogen (secondary N) is 1. The molecule has 0 bridgehead atoms. The van der Waals surface area contributed by atoms with Crippen LogP contribution in [-0.2, 0) is 0 Å². The molecule has 0 heterocycles. The number of aliphatic hydroxyl groups excluding tert-OH is 1. The third-order valence-electron chi connectivity index (χ3n) is 9.00. The van der Waals surface area contributed by atoms with Crippen molar-refractivity contribution in [2.24, 2.45) is 35.5 Å². The van der Waals surface area contributed by atoms with Crippen LogP contribution in [0.25, 0.3) is 0 Å². The number of fused-ring (bicyclic) bond motifs is 5. The minimum Gasteiger partial charge on any atom is -0.491 e. The lowest BCUT2D eigenvalue weighted by molar-refractivity contribution is -0.0223. The minimum atomic E-state index is -0.441. The maximum Gasteiger partial charge on any atom is 0.119 e. The summed E-state index contributed by atoms with van der Waals surface area (Å²) in [5.41, 5.74) is 0. The molecule has 3 heteroatoms. The van der Waals surface area contributed by atoms with Crippen molar-refractivity contribution in [3.8, 4) is 5.75 Å². The van der Waals surface area contributed by atoms with Crippen LogP contribution in [0.1, 0.15) is 64.2 Å². The SMILES string of the molecule is O[C@@H](CN[C@H]1CC[C@H]2[C@H]3CC[C@H]4CCCC[C@@H]4[C@@H]3CC[C@@H]21)COc1ccccc1. The van der Waals surface area contributed by atoms with Gasteiger partial charge in [0.15, 0.2) is 0 Å². The number of ether oxygens (including phenoxy) is 1. The quantitative estimate of drug-likeness (QED) is 0.707. The molecule has 4 aliphatic carbocycles. The van der Waals surface area contributed by atoms with Gasteiger partial charge in [-0.3, -0.25) is 0 Å². The van der Waals surface area contributed by atoms with Gasteiger partial charge in [-0.1, -0.05) is 37.5 Å². The maximum absolute atomic E-state index is 10.4. The molecule has 0 radical (unpaired) electrons. The van der Waals surface area contributed by atoms with Gasteiger partial charge < -0.3 is 15.2 Å². The molecule has 1 aromatic rings. The Morgan fingerprint density at radius 2 is 1.48 bits per heavy atom. The number of benzene rings is 1. The van der Waals surface area contributed by atoms with Crippen molar-refractivity contribution in [3.63, 3.8) is 0 Å². The summed E-state index contributed by atoms with van der Waals surface area (Å²) in [5, 5.41) is 14.1. The van der Waals surface area contributed by atoms with Gasteiger partial charge in [-0.15, -0.1) is 0 Å². The number of para-hydroxylation sites is 1. The van der Waals surface area contributed by atoms with Crippen molar-refractivity contribution < 1.29 is 9.84 Å². The topological polar surface area (TPSA) is 41.5 Å². The van der Waals surface area contributed by atoms with Crippen LogP contribution in [0.5, 0.6) is 5.75 Å². The second-order valence-corrected chi connectivity index (χ2v) is 10.4. The van der Waals surface area contributed by atoms with Crippen molar-refractivity contribution in [2.45, 2.75) is 76.4 Å². The van der Waals surface area contributed by atoms with Crippen LogP contribution in [0.15, 0.2) is 30.3 Å². The molecule has 0 spiro atoms. The summed E-state index contributed by atoms with van der Waals surface area (Å²) >= 11 is 0. The largest absolute Gasteiger partial charge is 0.491 e. The average Bonchev–Trinajstić information content (AvgIpc) is 3.20. The molecule has 0 amide bonds. The standard InChI is InChI=1S/C26H39NO2/c28-19(17-29-20-7-2-1-3-8-20)16-27-26-15-14-24-23-11-10-18-6-4-5-9-21(18)22(23)12-13-25(24)26/h1-3,7-8,18-19,21-28H,4-6,9-17H2/t18-,19+,21+,22+,23+,24+,25+,26+/m1/s1. The van der Waals surface area contributed by atoms with E-state index in [1.165, 1.54) is 64.2 Å². The summed E-state index contributed by atoms with van der Waals surface area (Å²) in [6, 6.07) is 10.4. The Morgan fingerprint density at radius 3 is 2.38 bits per heavy atom. The lowest BCUT2D eigenvalue weighted by atomic mass is 9.53. The molecule has 0 saturated heterocycles. The van der Waals surface area contributed by atoms with Crippen LogP contribution in [0, 0.1) is 35.5 Å². The molecule has 8 atom stereocenters. The van der Waals surface area contributed by atoms with Crippen molar-refractivity contribution in [2.75, 3.05) is 13.2 Å². The Morgan fingerprint density at radius 1 is 0.793 bits per heavy atom. The lowest BCUT2D eigenvalue weighted by Gasteiger charge is -2.52. The first-order chi connectivity index (χ1) is 14.3. The number of hydrogen-bond acceptors (Lipinski definition) is 3. The minimum absolute atomic E-state index is 0.367. The first kappa shape index (κ1) is 19.9. The van der Waals surface area contributed by atoms with Crippen molar-refractivity contribution >= 4 is 0 Å². The zero-order valence-corrected chi connectivity index (χ0v) is 17.8. The van der Waals surface area contributed by atoms with E-state index in [4.69, 9.17) is 4.74 Å². The normalized spacial score (nSPS) is 39.8. The van der Waals surface area contributed by atoms with Gasteiger partial charge in [-0.2, -0.15) is 0 Å². The van der Waals surface area contributed by atoms with E-state index >= 15 is 0 Å². The molecule has 3 nitrogen and oxygen atoms in total. The van der Waals surface area contributed by atoms with Gasteiger partial charge in [0, 0.05) is 12.6 Å². The summed E-state index contributed by atoms with van der Waals surface area (Å²) in [4.78, 5) is 0. The molecule has 2 N–H and O–H groups in total. The van der Waals surface area contributed by atoms with Crippen LogP contribution in [0.2, 0.25) is 0 Å². The highest BCUT2D eigenvalue weighted by Crippen LogP contribution is 2.57. The second kappa shape index (κ2) is 8.98. The van der Waals surface area contributed by atoms with Gasteiger partial charge >= 0.3 is 0 Å². The van der Waals surface area contributed by atoms with Crippen LogP contribution < -0.4 is 10.1 Å². The van der Waals surface area contributed by atoms with Crippen LogP contribution in [0.3, 0.4) is 0 Å². The fourth-order valence-corrected chi connectivity index (χ4v) is 7.80. The molecule has 29 heavy (non-hydrogen) atoms.